The first-order valence-electron chi connectivity index (χ1n) is 15.2. The maximum atomic E-state index is 13.5. The zero-order chi connectivity index (χ0) is 34.9. The van der Waals surface area contributed by atoms with Gasteiger partial charge in [-0.15, -0.1) is 0 Å². The molecule has 2 aliphatic heterocycles. The largest absolute Gasteiger partial charge is 0.459 e. The molecule has 2 fully saturated rings. The monoisotopic (exact) mass is 681 g/mol. The van der Waals surface area contributed by atoms with Gasteiger partial charge in [-0.25, -0.2) is 14.4 Å². The molecule has 0 saturated carbocycles. The number of hydrogen-bond donors (Lipinski definition) is 4. The van der Waals surface area contributed by atoms with Gasteiger partial charge in [0.25, 0.3) is 6.29 Å². The first-order valence-corrected chi connectivity index (χ1v) is 15.2. The van der Waals surface area contributed by atoms with Crippen LogP contribution < -0.4 is 0 Å². The summed E-state index contributed by atoms with van der Waals surface area (Å²) in [5, 5.41) is 44.7. The summed E-state index contributed by atoms with van der Waals surface area (Å²) >= 11 is 0. The summed E-state index contributed by atoms with van der Waals surface area (Å²) < 4.78 is 34.1. The number of methoxy groups -OCH3 is 1. The highest BCUT2D eigenvalue weighted by Crippen LogP contribution is 2.29. The van der Waals surface area contributed by atoms with Crippen molar-refractivity contribution in [1.82, 2.24) is 0 Å². The van der Waals surface area contributed by atoms with E-state index < -0.39 is 86.4 Å². The average molecular weight is 682 g/mol. The second-order valence-electron chi connectivity index (χ2n) is 10.9. The number of hydrogen-bond acceptors (Lipinski definition) is 15. The van der Waals surface area contributed by atoms with Crippen molar-refractivity contribution in [1.29, 1.82) is 0 Å². The Hall–Kier alpha value is -4.74. The van der Waals surface area contributed by atoms with Crippen molar-refractivity contribution in [3.05, 3.63) is 108 Å². The molecule has 9 atom stereocenters. The van der Waals surface area contributed by atoms with Gasteiger partial charge >= 0.3 is 17.9 Å². The van der Waals surface area contributed by atoms with Crippen LogP contribution in [0.4, 0.5) is 0 Å². The van der Waals surface area contributed by atoms with Crippen LogP contribution in [-0.2, 0) is 33.3 Å². The first-order chi connectivity index (χ1) is 23.7. The molecule has 15 nitrogen and oxygen atoms in total. The summed E-state index contributed by atoms with van der Waals surface area (Å²) in [6, 6.07) is 23.9. The normalized spacial score (nSPS) is 29.1. The van der Waals surface area contributed by atoms with Gasteiger partial charge in [-0.2, -0.15) is 0 Å². The number of aliphatic hydroxyl groups is 4. The maximum absolute atomic E-state index is 13.5. The van der Waals surface area contributed by atoms with E-state index in [-0.39, 0.29) is 22.4 Å². The van der Waals surface area contributed by atoms with Crippen LogP contribution in [0.3, 0.4) is 0 Å². The van der Waals surface area contributed by atoms with E-state index >= 15 is 0 Å². The quantitative estimate of drug-likeness (QED) is 0.126. The molecule has 0 aromatic heterocycles. The Morgan fingerprint density at radius 1 is 0.694 bits per heavy atom. The van der Waals surface area contributed by atoms with Gasteiger partial charge in [-0.05, 0) is 36.4 Å². The van der Waals surface area contributed by atoms with Gasteiger partial charge in [-0.3, -0.25) is 0 Å². The van der Waals surface area contributed by atoms with Crippen LogP contribution in [0.1, 0.15) is 31.1 Å². The summed E-state index contributed by atoms with van der Waals surface area (Å²) in [7, 11) is 1.25. The number of ether oxygens (including phenoxy) is 6. The van der Waals surface area contributed by atoms with Crippen molar-refractivity contribution in [2.24, 2.45) is 5.16 Å². The van der Waals surface area contributed by atoms with Crippen LogP contribution in [-0.4, -0.2) is 120 Å². The molecule has 5 rings (SSSR count). The molecule has 3 aromatic carbocycles. The standard InChI is InChI=1S/C34H35NO14/c1-43-34-29(48-32(42)21-15-9-4-10-16-21)28(47-31(41)20-13-7-3-8-14-20)24(23(46-34)18-44-30(40)19-11-5-2-6-12-19)35-49-33-27(39)26(38)25(37)22(17-36)45-33/h2-16,22-23,25-29,33-34,36-39H,17-18H2,1H3/b35-24-/t22-,23-,25-,26+,27-,28+,29-,33+,34+/m1/s1. The van der Waals surface area contributed by atoms with E-state index in [1.165, 1.54) is 43.5 Å². The lowest BCUT2D eigenvalue weighted by Gasteiger charge is -2.41. The van der Waals surface area contributed by atoms with Gasteiger partial charge in [0.05, 0.1) is 23.3 Å². The number of oxime groups is 1. The van der Waals surface area contributed by atoms with Gasteiger partial charge in [0.2, 0.25) is 0 Å². The van der Waals surface area contributed by atoms with E-state index in [0.717, 1.165) is 0 Å². The number of esters is 3. The molecule has 49 heavy (non-hydrogen) atoms. The molecular formula is C34H35NO14. The molecule has 2 heterocycles. The van der Waals surface area contributed by atoms with Crippen LogP contribution in [0.5, 0.6) is 0 Å². The SMILES string of the molecule is CO[C@H]1O[C@H](COC(=O)c2ccccc2)/C(=N/O[C@@H]2O[C@H](CO)[C@@H](O)[C@H](O)[C@H]2O)[C@H](OC(=O)c2ccccc2)[C@H]1OC(=O)c1ccccc1. The molecular weight excluding hydrogens is 646 g/mol. The van der Waals surface area contributed by atoms with Gasteiger partial charge in [0.1, 0.15) is 42.8 Å². The Balaban J connectivity index is 1.52. The summed E-state index contributed by atoms with van der Waals surface area (Å²) in [5.74, 6) is -2.44. The molecule has 3 aromatic rings. The van der Waals surface area contributed by atoms with Crippen molar-refractivity contribution in [3.63, 3.8) is 0 Å². The van der Waals surface area contributed by atoms with Crippen LogP contribution in [0.2, 0.25) is 0 Å². The van der Waals surface area contributed by atoms with E-state index in [1.807, 2.05) is 0 Å². The van der Waals surface area contributed by atoms with Crippen LogP contribution in [0.25, 0.3) is 0 Å². The first kappa shape index (κ1) is 35.6. The van der Waals surface area contributed by atoms with Crippen molar-refractivity contribution in [2.75, 3.05) is 20.3 Å². The highest BCUT2D eigenvalue weighted by atomic mass is 16.8. The van der Waals surface area contributed by atoms with Gasteiger partial charge in [0, 0.05) is 7.11 Å². The fourth-order valence-electron chi connectivity index (χ4n) is 5.07. The summed E-state index contributed by atoms with van der Waals surface area (Å²) in [6.07, 6.45) is -14.4. The summed E-state index contributed by atoms with van der Waals surface area (Å²) in [6.45, 7) is -1.28. The van der Waals surface area contributed by atoms with Crippen molar-refractivity contribution in [3.8, 4) is 0 Å². The summed E-state index contributed by atoms with van der Waals surface area (Å²) in [4.78, 5) is 45.1. The third kappa shape index (κ3) is 8.47. The van der Waals surface area contributed by atoms with Crippen molar-refractivity contribution >= 4 is 23.6 Å². The van der Waals surface area contributed by atoms with Crippen LogP contribution in [0.15, 0.2) is 96.2 Å². The van der Waals surface area contributed by atoms with Gasteiger partial charge in [-0.1, -0.05) is 59.8 Å². The maximum Gasteiger partial charge on any atom is 0.338 e. The third-order valence-corrected chi connectivity index (χ3v) is 7.70. The minimum Gasteiger partial charge on any atom is -0.459 e. The molecule has 0 spiro atoms. The predicted molar refractivity (Wildman–Crippen MR) is 166 cm³/mol. The van der Waals surface area contributed by atoms with Crippen LogP contribution in [0, 0.1) is 0 Å². The molecule has 2 saturated heterocycles. The lowest BCUT2D eigenvalue weighted by Crippen LogP contribution is -2.60. The van der Waals surface area contributed by atoms with E-state index in [1.54, 1.807) is 54.6 Å². The number of benzene rings is 3. The lowest BCUT2D eigenvalue weighted by atomic mass is 9.99. The predicted octanol–water partition coefficient (Wildman–Crippen LogP) is 0.838. The minimum atomic E-state index is -1.86. The second kappa shape index (κ2) is 16.6. The Bertz CT molecular complexity index is 1570. The molecule has 0 amide bonds. The third-order valence-electron chi connectivity index (χ3n) is 7.70. The molecule has 4 N–H and O–H groups in total. The number of carbonyl (C=O) groups excluding carboxylic acids is 3. The number of carbonyl (C=O) groups is 3. The van der Waals surface area contributed by atoms with E-state index in [0.29, 0.717) is 0 Å². The Kier molecular flexibility index (Phi) is 12.0. The van der Waals surface area contributed by atoms with Crippen molar-refractivity contribution in [2.45, 2.75) is 55.3 Å². The molecule has 260 valence electrons. The average Bonchev–Trinajstić information content (AvgIpc) is 3.14. The Morgan fingerprint density at radius 3 is 1.76 bits per heavy atom. The highest BCUT2D eigenvalue weighted by Gasteiger charge is 2.51. The zero-order valence-corrected chi connectivity index (χ0v) is 26.1. The second-order valence-corrected chi connectivity index (χ2v) is 10.9. The number of aliphatic hydroxyl groups excluding tert-OH is 4. The zero-order valence-electron chi connectivity index (χ0n) is 26.1. The van der Waals surface area contributed by atoms with Gasteiger partial charge < -0.3 is 53.7 Å². The highest BCUT2D eigenvalue weighted by molar-refractivity contribution is 5.98. The topological polar surface area (TPSA) is 209 Å². The smallest absolute Gasteiger partial charge is 0.338 e. The van der Waals surface area contributed by atoms with Crippen LogP contribution >= 0.6 is 0 Å². The van der Waals surface area contributed by atoms with E-state index in [2.05, 4.69) is 5.16 Å². The molecule has 0 aliphatic carbocycles. The molecule has 0 unspecified atom stereocenters. The fraction of sp³-hybridized carbons (Fsp3) is 0.353. The van der Waals surface area contributed by atoms with Crippen molar-refractivity contribution < 1.29 is 68.1 Å². The molecule has 15 heteroatoms. The fourth-order valence-corrected chi connectivity index (χ4v) is 5.07. The summed E-state index contributed by atoms with van der Waals surface area (Å²) in [5.41, 5.74) is 0.193. The number of rotatable bonds is 11. The Labute approximate surface area is 280 Å². The molecule has 0 bridgehead atoms. The molecule has 2 aliphatic rings. The van der Waals surface area contributed by atoms with Gasteiger partial charge in [0.15, 0.2) is 18.5 Å². The Morgan fingerprint density at radius 2 is 1.22 bits per heavy atom. The lowest BCUT2D eigenvalue weighted by molar-refractivity contribution is -0.302. The minimum absolute atomic E-state index is 0.123. The van der Waals surface area contributed by atoms with E-state index in [9.17, 15) is 34.8 Å². The number of nitrogens with zero attached hydrogens (tertiary/aromatic N) is 1. The molecule has 0 radical (unpaired) electrons. The van der Waals surface area contributed by atoms with E-state index in [4.69, 9.17) is 33.3 Å².